The number of rotatable bonds is 8. The lowest BCUT2D eigenvalue weighted by Crippen LogP contribution is -2.26. The first-order chi connectivity index (χ1) is 15.5. The maximum absolute atomic E-state index is 13.6. The molecule has 4 rings (SSSR count). The molecule has 1 aromatic carbocycles. The number of thiophene rings is 1. The molecule has 4 aromatic rings. The largest absolute Gasteiger partial charge is 0.497 e. The van der Waals surface area contributed by atoms with Crippen LogP contribution in [-0.4, -0.2) is 28.3 Å². The quantitative estimate of drug-likeness (QED) is 0.305. The number of benzene rings is 1. The Morgan fingerprint density at radius 3 is 2.88 bits per heavy atom. The number of nitrogens with zero attached hydrogens (tertiary/aromatic N) is 2. The molecular weight excluding hydrogens is 446 g/mol. The number of carbonyl (C=O) groups is 1. The maximum atomic E-state index is 13.6. The minimum atomic E-state index is -0.172. The van der Waals surface area contributed by atoms with Gasteiger partial charge in [0, 0.05) is 10.9 Å². The molecule has 3 heterocycles. The van der Waals surface area contributed by atoms with Gasteiger partial charge in [0.2, 0.25) is 5.91 Å². The predicted octanol–water partition coefficient (Wildman–Crippen LogP) is 4.33. The zero-order chi connectivity index (χ0) is 22.7. The zero-order valence-electron chi connectivity index (χ0n) is 18.0. The molecule has 7 nitrogen and oxygen atoms in total. The topological polar surface area (TPSA) is 86.4 Å². The lowest BCUT2D eigenvalue weighted by atomic mass is 10.2. The second-order valence-corrected chi connectivity index (χ2v) is 9.09. The van der Waals surface area contributed by atoms with Crippen LogP contribution in [0.4, 0.5) is 0 Å². The number of carbonyl (C=O) groups excluding carboxylic acids is 1. The summed E-state index contributed by atoms with van der Waals surface area (Å²) in [6, 6.07) is 10.8. The summed E-state index contributed by atoms with van der Waals surface area (Å²) in [7, 11) is 1.58. The highest BCUT2D eigenvalue weighted by molar-refractivity contribution is 7.99. The van der Waals surface area contributed by atoms with Gasteiger partial charge >= 0.3 is 0 Å². The molecule has 0 spiro atoms. The van der Waals surface area contributed by atoms with E-state index in [0.717, 1.165) is 16.9 Å². The van der Waals surface area contributed by atoms with Crippen LogP contribution in [-0.2, 0) is 17.8 Å². The Morgan fingerprint density at radius 2 is 2.16 bits per heavy atom. The van der Waals surface area contributed by atoms with Crippen LogP contribution in [0.2, 0.25) is 0 Å². The Balaban J connectivity index is 1.70. The molecule has 1 amide bonds. The molecule has 32 heavy (non-hydrogen) atoms. The van der Waals surface area contributed by atoms with Crippen LogP contribution >= 0.6 is 23.1 Å². The average Bonchev–Trinajstić information content (AvgIpc) is 3.44. The van der Waals surface area contributed by atoms with Crippen molar-refractivity contribution in [3.63, 3.8) is 0 Å². The van der Waals surface area contributed by atoms with Crippen LogP contribution in [0, 0.1) is 6.92 Å². The van der Waals surface area contributed by atoms with E-state index in [0.29, 0.717) is 39.1 Å². The van der Waals surface area contributed by atoms with Crippen LogP contribution in [0.3, 0.4) is 0 Å². The monoisotopic (exact) mass is 469 g/mol. The van der Waals surface area contributed by atoms with Crippen LogP contribution < -0.4 is 15.6 Å². The van der Waals surface area contributed by atoms with Gasteiger partial charge in [-0.1, -0.05) is 24.8 Å². The molecule has 1 N–H and O–H groups in total. The highest BCUT2D eigenvalue weighted by atomic mass is 32.2. The van der Waals surface area contributed by atoms with Gasteiger partial charge in [-0.3, -0.25) is 14.2 Å². The Morgan fingerprint density at radius 1 is 1.31 bits per heavy atom. The Labute approximate surface area is 193 Å². The fraction of sp³-hybridized carbons (Fsp3) is 0.261. The normalized spacial score (nSPS) is 11.1. The molecule has 3 aromatic heterocycles. The summed E-state index contributed by atoms with van der Waals surface area (Å²) >= 11 is 2.76. The molecule has 0 aliphatic carbocycles. The molecule has 0 atom stereocenters. The maximum Gasteiger partial charge on any atom is 0.267 e. The summed E-state index contributed by atoms with van der Waals surface area (Å²) < 4.78 is 12.1. The van der Waals surface area contributed by atoms with E-state index in [1.165, 1.54) is 23.1 Å². The number of aryl methyl sites for hydroxylation is 2. The first-order valence-corrected chi connectivity index (χ1v) is 11.9. The Kier molecular flexibility index (Phi) is 6.66. The summed E-state index contributed by atoms with van der Waals surface area (Å²) in [5.74, 6) is 1.26. The fourth-order valence-corrected chi connectivity index (χ4v) is 5.40. The fourth-order valence-electron chi connectivity index (χ4n) is 3.40. The molecule has 0 aliphatic rings. The van der Waals surface area contributed by atoms with Gasteiger partial charge in [0.1, 0.15) is 16.3 Å². The van der Waals surface area contributed by atoms with Gasteiger partial charge in [0.05, 0.1) is 36.7 Å². The van der Waals surface area contributed by atoms with E-state index in [4.69, 9.17) is 14.1 Å². The number of hydrogen-bond donors (Lipinski definition) is 1. The molecule has 0 bridgehead atoms. The number of furan rings is 1. The molecule has 0 aliphatic heterocycles. The standard InChI is InChI=1S/C23H23N3O4S2/c1-4-18-14(2)20-21(32-18)25-23(31-13-19(27)24-12-17-9-6-10-30-17)26(22(20)28)15-7-5-8-16(11-15)29-3/h5-11H,4,12-13H2,1-3H3,(H,24,27). The van der Waals surface area contributed by atoms with Gasteiger partial charge in [-0.25, -0.2) is 4.98 Å². The number of ether oxygens (including phenoxy) is 1. The summed E-state index contributed by atoms with van der Waals surface area (Å²) in [4.78, 5) is 32.6. The lowest BCUT2D eigenvalue weighted by molar-refractivity contribution is -0.118. The first kappa shape index (κ1) is 22.2. The van der Waals surface area contributed by atoms with Gasteiger partial charge in [-0.05, 0) is 43.2 Å². The number of aromatic nitrogens is 2. The molecule has 0 saturated heterocycles. The molecule has 0 saturated carbocycles. The average molecular weight is 470 g/mol. The van der Waals surface area contributed by atoms with Crippen molar-refractivity contribution in [2.24, 2.45) is 0 Å². The van der Waals surface area contributed by atoms with Crippen molar-refractivity contribution < 1.29 is 13.9 Å². The lowest BCUT2D eigenvalue weighted by Gasteiger charge is -2.13. The van der Waals surface area contributed by atoms with E-state index >= 15 is 0 Å². The van der Waals surface area contributed by atoms with Gasteiger partial charge in [-0.2, -0.15) is 0 Å². The van der Waals surface area contributed by atoms with Gasteiger partial charge in [-0.15, -0.1) is 11.3 Å². The van der Waals surface area contributed by atoms with E-state index in [9.17, 15) is 9.59 Å². The van der Waals surface area contributed by atoms with Gasteiger partial charge in [0.15, 0.2) is 5.16 Å². The van der Waals surface area contributed by atoms with Crippen molar-refractivity contribution in [1.29, 1.82) is 0 Å². The van der Waals surface area contributed by atoms with Gasteiger partial charge in [0.25, 0.3) is 5.56 Å². The molecule has 166 valence electrons. The van der Waals surface area contributed by atoms with Crippen LogP contribution in [0.1, 0.15) is 23.1 Å². The Hall–Kier alpha value is -3.04. The number of amides is 1. The number of hydrogen-bond acceptors (Lipinski definition) is 7. The SMILES string of the molecule is CCc1sc2nc(SCC(=O)NCc3ccco3)n(-c3cccc(OC)c3)c(=O)c2c1C. The van der Waals surface area contributed by atoms with E-state index < -0.39 is 0 Å². The first-order valence-electron chi connectivity index (χ1n) is 10.1. The van der Waals surface area contributed by atoms with Crippen molar-refractivity contribution >= 4 is 39.2 Å². The molecule has 9 heteroatoms. The molecule has 0 radical (unpaired) electrons. The molecular formula is C23H23N3O4S2. The minimum absolute atomic E-state index is 0.119. The third-order valence-corrected chi connectivity index (χ3v) is 7.31. The van der Waals surface area contributed by atoms with Crippen molar-refractivity contribution in [2.75, 3.05) is 12.9 Å². The second-order valence-electron chi connectivity index (χ2n) is 7.07. The highest BCUT2D eigenvalue weighted by Gasteiger charge is 2.20. The third kappa shape index (κ3) is 4.44. The highest BCUT2D eigenvalue weighted by Crippen LogP contribution is 2.31. The van der Waals surface area contributed by atoms with Crippen molar-refractivity contribution in [1.82, 2.24) is 14.9 Å². The number of thioether (sulfide) groups is 1. The Bertz CT molecular complexity index is 1310. The van der Waals surface area contributed by atoms with E-state index in [-0.39, 0.29) is 17.2 Å². The molecule has 0 unspecified atom stereocenters. The van der Waals surface area contributed by atoms with Crippen molar-refractivity contribution in [3.05, 3.63) is 69.2 Å². The van der Waals surface area contributed by atoms with E-state index in [2.05, 4.69) is 12.2 Å². The predicted molar refractivity (Wildman–Crippen MR) is 127 cm³/mol. The minimum Gasteiger partial charge on any atom is -0.497 e. The van der Waals surface area contributed by atoms with Crippen molar-refractivity contribution in [2.45, 2.75) is 32.0 Å². The van der Waals surface area contributed by atoms with Crippen LogP contribution in [0.25, 0.3) is 15.9 Å². The van der Waals surface area contributed by atoms with Crippen LogP contribution in [0.15, 0.2) is 57.0 Å². The number of nitrogens with one attached hydrogen (secondary N) is 1. The summed E-state index contributed by atoms with van der Waals surface area (Å²) in [6.07, 6.45) is 2.40. The number of fused-ring (bicyclic) bond motifs is 1. The second kappa shape index (κ2) is 9.62. The number of methoxy groups -OCH3 is 1. The van der Waals surface area contributed by atoms with E-state index in [1.807, 2.05) is 25.1 Å². The smallest absolute Gasteiger partial charge is 0.267 e. The zero-order valence-corrected chi connectivity index (χ0v) is 19.6. The molecule has 0 fully saturated rings. The third-order valence-electron chi connectivity index (χ3n) is 5.04. The van der Waals surface area contributed by atoms with Crippen LogP contribution in [0.5, 0.6) is 5.75 Å². The summed E-state index contributed by atoms with van der Waals surface area (Å²) in [5, 5.41) is 3.91. The van der Waals surface area contributed by atoms with Gasteiger partial charge < -0.3 is 14.5 Å². The van der Waals surface area contributed by atoms with Crippen molar-refractivity contribution in [3.8, 4) is 11.4 Å². The summed E-state index contributed by atoms with van der Waals surface area (Å²) in [6.45, 7) is 4.34. The van der Waals surface area contributed by atoms with E-state index in [1.54, 1.807) is 36.1 Å². The summed E-state index contributed by atoms with van der Waals surface area (Å²) in [5.41, 5.74) is 1.47.